The molecule has 1 heterocycles. The predicted molar refractivity (Wildman–Crippen MR) is 96.0 cm³/mol. The zero-order chi connectivity index (χ0) is 18.4. The van der Waals surface area contributed by atoms with Gasteiger partial charge in [0, 0.05) is 12.2 Å². The number of rotatable bonds is 7. The molecule has 0 unspecified atom stereocenters. The van der Waals surface area contributed by atoms with E-state index in [0.29, 0.717) is 31.2 Å². The zero-order valence-electron chi connectivity index (χ0n) is 14.7. The number of likely N-dealkylation sites (tertiary alicyclic amines) is 1. The van der Waals surface area contributed by atoms with E-state index in [1.807, 2.05) is 0 Å². The fraction of sp³-hybridized carbons (Fsp3) is 0.381. The summed E-state index contributed by atoms with van der Waals surface area (Å²) in [5.41, 5.74) is 1.52. The number of carbonyl (C=O) groups excluding carboxylic acids is 1. The Morgan fingerprint density at radius 1 is 0.962 bits per heavy atom. The summed E-state index contributed by atoms with van der Waals surface area (Å²) in [4.78, 5) is 14.4. The Hall–Kier alpha value is -2.11. The molecule has 5 heteroatoms. The summed E-state index contributed by atoms with van der Waals surface area (Å²) in [6.07, 6.45) is 1.97. The van der Waals surface area contributed by atoms with Gasteiger partial charge in [-0.05, 0) is 73.8 Å². The molecule has 3 nitrogen and oxygen atoms in total. The highest BCUT2D eigenvalue weighted by Crippen LogP contribution is 2.18. The van der Waals surface area contributed by atoms with E-state index in [0.717, 1.165) is 31.5 Å². The summed E-state index contributed by atoms with van der Waals surface area (Å²) in [5.74, 6) is -0.0667. The first-order valence-electron chi connectivity index (χ1n) is 8.93. The molecule has 0 aromatic heterocycles. The lowest BCUT2D eigenvalue weighted by Gasteiger charge is -2.31. The summed E-state index contributed by atoms with van der Waals surface area (Å²) >= 11 is 0. The maximum atomic E-state index is 12.9. The van der Waals surface area contributed by atoms with Crippen molar-refractivity contribution in [2.45, 2.75) is 19.4 Å². The third kappa shape index (κ3) is 5.44. The van der Waals surface area contributed by atoms with Crippen LogP contribution in [0.15, 0.2) is 48.5 Å². The number of Topliss-reactive ketones (excluding diaryl/α,β-unsaturated/α-hetero) is 1. The number of ether oxygens (including phenoxy) is 1. The van der Waals surface area contributed by atoms with Crippen LogP contribution in [0.5, 0.6) is 0 Å². The van der Waals surface area contributed by atoms with E-state index in [9.17, 15) is 13.6 Å². The van der Waals surface area contributed by atoms with Gasteiger partial charge < -0.3 is 4.74 Å². The largest absolute Gasteiger partial charge is 0.376 e. The number of hydrogen-bond acceptors (Lipinski definition) is 3. The Labute approximate surface area is 152 Å². The number of carbonyl (C=O) groups is 1. The van der Waals surface area contributed by atoms with Crippen molar-refractivity contribution >= 4 is 5.78 Å². The standard InChI is InChI=1S/C21H23F2NO2/c22-19-5-1-16(2-6-19)14-26-15-17-9-11-24(12-10-17)13-21(25)18-3-7-20(23)8-4-18/h1-8,17H,9-15H2. The molecule has 0 saturated carbocycles. The molecule has 26 heavy (non-hydrogen) atoms. The van der Waals surface area contributed by atoms with Crippen molar-refractivity contribution in [1.82, 2.24) is 4.90 Å². The smallest absolute Gasteiger partial charge is 0.176 e. The summed E-state index contributed by atoms with van der Waals surface area (Å²) in [6, 6.07) is 12.1. The van der Waals surface area contributed by atoms with Gasteiger partial charge in [-0.3, -0.25) is 9.69 Å². The van der Waals surface area contributed by atoms with Crippen molar-refractivity contribution in [3.05, 3.63) is 71.3 Å². The second kappa shape index (κ2) is 9.01. The van der Waals surface area contributed by atoms with Crippen molar-refractivity contribution < 1.29 is 18.3 Å². The molecule has 1 fully saturated rings. The van der Waals surface area contributed by atoms with Gasteiger partial charge in [0.1, 0.15) is 11.6 Å². The third-order valence-corrected chi connectivity index (χ3v) is 4.78. The van der Waals surface area contributed by atoms with Crippen LogP contribution < -0.4 is 0 Å². The molecule has 2 aromatic rings. The molecule has 138 valence electrons. The van der Waals surface area contributed by atoms with Crippen molar-refractivity contribution in [2.24, 2.45) is 5.92 Å². The normalized spacial score (nSPS) is 15.9. The van der Waals surface area contributed by atoms with E-state index in [-0.39, 0.29) is 17.4 Å². The summed E-state index contributed by atoms with van der Waals surface area (Å²) < 4.78 is 31.5. The van der Waals surface area contributed by atoms with E-state index < -0.39 is 0 Å². The minimum atomic E-state index is -0.331. The highest BCUT2D eigenvalue weighted by atomic mass is 19.1. The van der Waals surface area contributed by atoms with Gasteiger partial charge in [-0.25, -0.2) is 8.78 Å². The summed E-state index contributed by atoms with van der Waals surface area (Å²) in [6.45, 7) is 3.25. The van der Waals surface area contributed by atoms with Crippen LogP contribution in [-0.2, 0) is 11.3 Å². The van der Waals surface area contributed by atoms with Gasteiger partial charge in [0.05, 0.1) is 13.2 Å². The fourth-order valence-electron chi connectivity index (χ4n) is 3.17. The van der Waals surface area contributed by atoms with Crippen LogP contribution in [0, 0.1) is 17.6 Å². The van der Waals surface area contributed by atoms with Gasteiger partial charge in [-0.2, -0.15) is 0 Å². The number of piperidine rings is 1. The minimum Gasteiger partial charge on any atom is -0.376 e. The van der Waals surface area contributed by atoms with Crippen LogP contribution in [0.4, 0.5) is 8.78 Å². The number of ketones is 1. The first-order valence-corrected chi connectivity index (χ1v) is 8.93. The van der Waals surface area contributed by atoms with Gasteiger partial charge in [-0.15, -0.1) is 0 Å². The lowest BCUT2D eigenvalue weighted by Crippen LogP contribution is -2.38. The maximum absolute atomic E-state index is 12.9. The SMILES string of the molecule is O=C(CN1CCC(COCc2ccc(F)cc2)CC1)c1ccc(F)cc1. The molecule has 0 amide bonds. The highest BCUT2D eigenvalue weighted by molar-refractivity contribution is 5.97. The third-order valence-electron chi connectivity index (χ3n) is 4.78. The van der Waals surface area contributed by atoms with Crippen molar-refractivity contribution in [3.8, 4) is 0 Å². The van der Waals surface area contributed by atoms with E-state index in [1.54, 1.807) is 12.1 Å². The molecule has 2 aromatic carbocycles. The van der Waals surface area contributed by atoms with Crippen LogP contribution >= 0.6 is 0 Å². The van der Waals surface area contributed by atoms with E-state index >= 15 is 0 Å². The second-order valence-corrected chi connectivity index (χ2v) is 6.79. The molecular weight excluding hydrogens is 336 g/mol. The van der Waals surface area contributed by atoms with Gasteiger partial charge in [0.15, 0.2) is 5.78 Å². The topological polar surface area (TPSA) is 29.5 Å². The molecule has 1 aliphatic rings. The molecule has 0 aliphatic carbocycles. The van der Waals surface area contributed by atoms with Crippen LogP contribution in [0.25, 0.3) is 0 Å². The van der Waals surface area contributed by atoms with Gasteiger partial charge in [0.25, 0.3) is 0 Å². The molecule has 1 aliphatic heterocycles. The van der Waals surface area contributed by atoms with Crippen molar-refractivity contribution in [3.63, 3.8) is 0 Å². The summed E-state index contributed by atoms with van der Waals surface area (Å²) in [7, 11) is 0. The molecule has 0 radical (unpaired) electrons. The molecule has 0 bridgehead atoms. The van der Waals surface area contributed by atoms with E-state index in [4.69, 9.17) is 4.74 Å². The van der Waals surface area contributed by atoms with Gasteiger partial charge in [0.2, 0.25) is 0 Å². The monoisotopic (exact) mass is 359 g/mol. The molecule has 1 saturated heterocycles. The summed E-state index contributed by atoms with van der Waals surface area (Å²) in [5, 5.41) is 0. The van der Waals surface area contributed by atoms with Crippen molar-refractivity contribution in [2.75, 3.05) is 26.2 Å². The predicted octanol–water partition coefficient (Wildman–Crippen LogP) is 4.08. The number of nitrogens with zero attached hydrogens (tertiary/aromatic N) is 1. The average molecular weight is 359 g/mol. The quantitative estimate of drug-likeness (QED) is 0.698. The molecule has 0 spiro atoms. The minimum absolute atomic E-state index is 0.0241. The molecule has 3 rings (SSSR count). The van der Waals surface area contributed by atoms with Crippen LogP contribution in [0.1, 0.15) is 28.8 Å². The number of benzene rings is 2. The molecule has 0 atom stereocenters. The Morgan fingerprint density at radius 2 is 1.54 bits per heavy atom. The van der Waals surface area contributed by atoms with Crippen LogP contribution in [0.3, 0.4) is 0 Å². The maximum Gasteiger partial charge on any atom is 0.176 e. The van der Waals surface area contributed by atoms with Gasteiger partial charge >= 0.3 is 0 Å². The first-order chi connectivity index (χ1) is 12.6. The van der Waals surface area contributed by atoms with Crippen LogP contribution in [-0.4, -0.2) is 36.9 Å². The number of halogens is 2. The molecule has 0 N–H and O–H groups in total. The Kier molecular flexibility index (Phi) is 6.47. The zero-order valence-corrected chi connectivity index (χ0v) is 14.7. The molecular formula is C21H23F2NO2. The average Bonchev–Trinajstić information content (AvgIpc) is 2.65. The van der Waals surface area contributed by atoms with Gasteiger partial charge in [-0.1, -0.05) is 12.1 Å². The fourth-order valence-corrected chi connectivity index (χ4v) is 3.17. The van der Waals surface area contributed by atoms with Crippen molar-refractivity contribution in [1.29, 1.82) is 0 Å². The number of hydrogen-bond donors (Lipinski definition) is 0. The first kappa shape index (κ1) is 18.7. The second-order valence-electron chi connectivity index (χ2n) is 6.79. The van der Waals surface area contributed by atoms with E-state index in [1.165, 1.54) is 36.4 Å². The lowest BCUT2D eigenvalue weighted by atomic mass is 9.97. The van der Waals surface area contributed by atoms with Crippen LogP contribution in [0.2, 0.25) is 0 Å². The highest BCUT2D eigenvalue weighted by Gasteiger charge is 2.21. The Morgan fingerprint density at radius 3 is 2.15 bits per heavy atom. The van der Waals surface area contributed by atoms with E-state index in [2.05, 4.69) is 4.90 Å². The Balaban J connectivity index is 1.36. The lowest BCUT2D eigenvalue weighted by molar-refractivity contribution is 0.0559. The Bertz CT molecular complexity index is 708.